The molecule has 2 aromatic heterocycles. The van der Waals surface area contributed by atoms with E-state index in [9.17, 15) is 19.7 Å². The lowest BCUT2D eigenvalue weighted by Gasteiger charge is -2.42. The summed E-state index contributed by atoms with van der Waals surface area (Å²) in [6.07, 6.45) is 0.953. The fraction of sp³-hybridized carbons (Fsp3) is 0.273. The van der Waals surface area contributed by atoms with E-state index in [1.807, 2.05) is 10.6 Å². The largest absolute Gasteiger partial charge is 0.451 e. The smallest absolute Gasteiger partial charge is 0.289 e. The highest BCUT2D eigenvalue weighted by Gasteiger charge is 2.37. The van der Waals surface area contributed by atoms with Gasteiger partial charge in [-0.2, -0.15) is 0 Å². The van der Waals surface area contributed by atoms with Crippen LogP contribution in [0.15, 0.2) is 57.7 Å². The number of nitro benzene ring substituents is 1. The molecule has 2 bridgehead atoms. The van der Waals surface area contributed by atoms with E-state index in [1.165, 1.54) is 18.2 Å². The summed E-state index contributed by atoms with van der Waals surface area (Å²) in [5, 5.41) is 11.1. The van der Waals surface area contributed by atoms with Crippen molar-refractivity contribution in [3.8, 4) is 11.3 Å². The van der Waals surface area contributed by atoms with Gasteiger partial charge in [0.25, 0.3) is 17.2 Å². The minimum atomic E-state index is -0.522. The maximum absolute atomic E-state index is 13.1. The minimum Gasteiger partial charge on any atom is -0.451 e. The van der Waals surface area contributed by atoms with Crippen molar-refractivity contribution >= 4 is 23.2 Å². The lowest BCUT2D eigenvalue weighted by atomic mass is 9.83. The van der Waals surface area contributed by atoms with Crippen molar-refractivity contribution in [2.45, 2.75) is 18.9 Å². The Bertz CT molecular complexity index is 1260. The minimum absolute atomic E-state index is 0.00243. The molecule has 8 nitrogen and oxygen atoms in total. The molecule has 1 saturated heterocycles. The SMILES string of the molecule is O=C(c1ccc(-c2ccc([N+](=O)[O-])cc2Cl)o1)N1C[C@@H]2C[C@@H](C1)c1cccc(=O)n1C2. The predicted octanol–water partition coefficient (Wildman–Crippen LogP) is 3.93. The van der Waals surface area contributed by atoms with Crippen LogP contribution in [-0.4, -0.2) is 33.4 Å². The highest BCUT2D eigenvalue weighted by Crippen LogP contribution is 2.36. The van der Waals surface area contributed by atoms with Gasteiger partial charge in [0.15, 0.2) is 5.76 Å². The van der Waals surface area contributed by atoms with Crippen LogP contribution in [0.1, 0.15) is 28.6 Å². The first-order valence-corrected chi connectivity index (χ1v) is 10.3. The van der Waals surface area contributed by atoms with Crippen LogP contribution < -0.4 is 5.56 Å². The number of non-ortho nitro benzene ring substituents is 1. The van der Waals surface area contributed by atoms with Crippen LogP contribution >= 0.6 is 11.6 Å². The third-order valence-corrected chi connectivity index (χ3v) is 6.33. The summed E-state index contributed by atoms with van der Waals surface area (Å²) in [4.78, 5) is 37.5. The molecular formula is C22H18ClN3O5. The van der Waals surface area contributed by atoms with Crippen molar-refractivity contribution < 1.29 is 14.1 Å². The number of aromatic nitrogens is 1. The summed E-state index contributed by atoms with van der Waals surface area (Å²) in [7, 11) is 0. The standard InChI is InChI=1S/C22H18ClN3O5/c23-17-9-15(26(29)30)4-5-16(17)19-6-7-20(31-19)22(28)24-10-13-8-14(12-24)18-2-1-3-21(27)25(18)11-13/h1-7,9,13-14H,8,10-12H2/t13-,14-/m0/s1. The molecule has 0 unspecified atom stereocenters. The molecule has 1 aromatic carbocycles. The number of furan rings is 1. The number of rotatable bonds is 3. The van der Waals surface area contributed by atoms with Gasteiger partial charge in [0.1, 0.15) is 5.76 Å². The molecule has 0 saturated carbocycles. The van der Waals surface area contributed by atoms with Crippen molar-refractivity contribution in [2.24, 2.45) is 5.92 Å². The second kappa shape index (κ2) is 7.39. The molecule has 2 aliphatic heterocycles. The van der Waals surface area contributed by atoms with E-state index in [-0.39, 0.29) is 39.8 Å². The number of benzene rings is 1. The van der Waals surface area contributed by atoms with E-state index in [2.05, 4.69) is 0 Å². The van der Waals surface area contributed by atoms with Gasteiger partial charge in [-0.1, -0.05) is 17.7 Å². The molecule has 0 N–H and O–H groups in total. The number of carbonyl (C=O) groups excluding carboxylic acids is 1. The summed E-state index contributed by atoms with van der Waals surface area (Å²) in [6, 6.07) is 12.6. The number of halogens is 1. The second-order valence-corrected chi connectivity index (χ2v) is 8.40. The molecule has 4 heterocycles. The number of nitrogens with zero attached hydrogens (tertiary/aromatic N) is 3. The Balaban J connectivity index is 1.38. The third-order valence-electron chi connectivity index (χ3n) is 6.01. The van der Waals surface area contributed by atoms with Crippen molar-refractivity contribution in [3.63, 3.8) is 0 Å². The first-order chi connectivity index (χ1) is 14.9. The molecule has 2 aliphatic rings. The summed E-state index contributed by atoms with van der Waals surface area (Å²) in [5.41, 5.74) is 1.34. The van der Waals surface area contributed by atoms with Crippen LogP contribution in [0.4, 0.5) is 5.69 Å². The number of carbonyl (C=O) groups is 1. The quantitative estimate of drug-likeness (QED) is 0.455. The molecule has 31 heavy (non-hydrogen) atoms. The maximum Gasteiger partial charge on any atom is 0.289 e. The van der Waals surface area contributed by atoms with Crippen LogP contribution in [0.25, 0.3) is 11.3 Å². The van der Waals surface area contributed by atoms with E-state index in [0.717, 1.165) is 12.1 Å². The van der Waals surface area contributed by atoms with Gasteiger partial charge in [0.05, 0.1) is 9.95 Å². The van der Waals surface area contributed by atoms with Crippen molar-refractivity contribution in [2.75, 3.05) is 13.1 Å². The molecule has 5 rings (SSSR count). The number of likely N-dealkylation sites (tertiary alicyclic amines) is 1. The lowest BCUT2D eigenvalue weighted by Crippen LogP contribution is -2.49. The zero-order chi connectivity index (χ0) is 21.7. The molecule has 9 heteroatoms. The van der Waals surface area contributed by atoms with Gasteiger partial charge in [-0.25, -0.2) is 0 Å². The molecule has 0 radical (unpaired) electrons. The number of piperidine rings is 1. The number of nitro groups is 1. The van der Waals surface area contributed by atoms with Gasteiger partial charge >= 0.3 is 0 Å². The molecule has 0 aliphatic carbocycles. The van der Waals surface area contributed by atoms with Crippen LogP contribution in [-0.2, 0) is 6.54 Å². The van der Waals surface area contributed by atoms with Crippen LogP contribution in [0.3, 0.4) is 0 Å². The molecule has 158 valence electrons. The molecule has 1 amide bonds. The van der Waals surface area contributed by atoms with Crippen molar-refractivity contribution in [1.29, 1.82) is 0 Å². The van der Waals surface area contributed by atoms with E-state index in [0.29, 0.717) is 31.0 Å². The Morgan fingerprint density at radius 3 is 2.74 bits per heavy atom. The summed E-state index contributed by atoms with van der Waals surface area (Å²) >= 11 is 6.18. The average Bonchev–Trinajstić information content (AvgIpc) is 3.23. The predicted molar refractivity (Wildman–Crippen MR) is 113 cm³/mol. The van der Waals surface area contributed by atoms with Crippen molar-refractivity contribution in [1.82, 2.24) is 9.47 Å². The molecule has 3 aromatic rings. The van der Waals surface area contributed by atoms with Gasteiger partial charge in [-0.15, -0.1) is 0 Å². The van der Waals surface area contributed by atoms with Crippen molar-refractivity contribution in [3.05, 3.63) is 85.5 Å². The van der Waals surface area contributed by atoms with E-state index < -0.39 is 4.92 Å². The number of fused-ring (bicyclic) bond motifs is 4. The van der Waals surface area contributed by atoms with Gasteiger partial charge in [0, 0.05) is 55.0 Å². The fourth-order valence-corrected chi connectivity index (χ4v) is 4.90. The van der Waals surface area contributed by atoms with E-state index in [4.69, 9.17) is 16.0 Å². The Kier molecular flexibility index (Phi) is 4.66. The molecule has 1 fully saturated rings. The van der Waals surface area contributed by atoms with Crippen LogP contribution in [0.2, 0.25) is 5.02 Å². The third kappa shape index (κ3) is 3.42. The highest BCUT2D eigenvalue weighted by atomic mass is 35.5. The maximum atomic E-state index is 13.1. The molecule has 0 spiro atoms. The van der Waals surface area contributed by atoms with Crippen LogP contribution in [0, 0.1) is 16.0 Å². The summed E-state index contributed by atoms with van der Waals surface area (Å²) in [5.74, 6) is 0.677. The Labute approximate surface area is 181 Å². The molecule has 2 atom stereocenters. The fourth-order valence-electron chi connectivity index (χ4n) is 4.63. The zero-order valence-electron chi connectivity index (χ0n) is 16.4. The first kappa shape index (κ1) is 19.6. The second-order valence-electron chi connectivity index (χ2n) is 7.99. The topological polar surface area (TPSA) is 98.6 Å². The van der Waals surface area contributed by atoms with E-state index in [1.54, 1.807) is 29.2 Å². The van der Waals surface area contributed by atoms with Crippen LogP contribution in [0.5, 0.6) is 0 Å². The Morgan fingerprint density at radius 1 is 1.13 bits per heavy atom. The molecular weight excluding hydrogens is 422 g/mol. The number of amides is 1. The zero-order valence-corrected chi connectivity index (χ0v) is 17.1. The lowest BCUT2D eigenvalue weighted by molar-refractivity contribution is -0.384. The Hall–Kier alpha value is -3.39. The van der Waals surface area contributed by atoms with Gasteiger partial charge in [0.2, 0.25) is 0 Å². The number of hydrogen-bond donors (Lipinski definition) is 0. The summed E-state index contributed by atoms with van der Waals surface area (Å²) in [6.45, 7) is 1.69. The summed E-state index contributed by atoms with van der Waals surface area (Å²) < 4.78 is 7.60. The number of hydrogen-bond acceptors (Lipinski definition) is 5. The first-order valence-electron chi connectivity index (χ1n) is 9.94. The number of pyridine rings is 1. The monoisotopic (exact) mass is 439 g/mol. The van der Waals surface area contributed by atoms with E-state index >= 15 is 0 Å². The van der Waals surface area contributed by atoms with Gasteiger partial charge < -0.3 is 13.9 Å². The Morgan fingerprint density at radius 2 is 1.97 bits per heavy atom. The average molecular weight is 440 g/mol. The normalized spacial score (nSPS) is 19.7. The van der Waals surface area contributed by atoms with Gasteiger partial charge in [-0.3, -0.25) is 19.7 Å². The highest BCUT2D eigenvalue weighted by molar-refractivity contribution is 6.33. The van der Waals surface area contributed by atoms with Gasteiger partial charge in [-0.05, 0) is 36.6 Å².